The van der Waals surface area contributed by atoms with E-state index < -0.39 is 0 Å². The molecule has 0 fully saturated rings. The third kappa shape index (κ3) is 4.84. The minimum Gasteiger partial charge on any atom is -0.394 e. The molecular weight excluding hydrogens is 206 g/mol. The highest BCUT2D eigenvalue weighted by Crippen LogP contribution is 1.99. The minimum absolute atomic E-state index is 0.0515. The molecule has 0 saturated carbocycles. The molecule has 0 aliphatic rings. The highest BCUT2D eigenvalue weighted by Gasteiger charge is 1.95. The van der Waals surface area contributed by atoms with Crippen molar-refractivity contribution in [2.75, 3.05) is 26.4 Å². The maximum Gasteiger partial charge on any atom is 0.140 e. The van der Waals surface area contributed by atoms with E-state index in [0.29, 0.717) is 32.0 Å². The van der Waals surface area contributed by atoms with Gasteiger partial charge in [0.05, 0.1) is 19.8 Å². The Morgan fingerprint density at radius 3 is 3.12 bits per heavy atom. The van der Waals surface area contributed by atoms with E-state index in [1.54, 1.807) is 12.3 Å². The summed E-state index contributed by atoms with van der Waals surface area (Å²) in [6.07, 6.45) is 1.62. The number of aromatic nitrogens is 1. The van der Waals surface area contributed by atoms with E-state index in [-0.39, 0.29) is 6.61 Å². The minimum atomic E-state index is 0.0515. The highest BCUT2D eigenvalue weighted by molar-refractivity contribution is 5.25. The lowest BCUT2D eigenvalue weighted by molar-refractivity contribution is 0.0938. The van der Waals surface area contributed by atoms with Gasteiger partial charge in [-0.2, -0.15) is 5.26 Å². The van der Waals surface area contributed by atoms with Crippen LogP contribution in [0.15, 0.2) is 18.3 Å². The number of nitrogens with zero attached hydrogens (tertiary/aromatic N) is 2. The van der Waals surface area contributed by atoms with Gasteiger partial charge in [0.1, 0.15) is 11.8 Å². The SMILES string of the molecule is N#Cc1cc(CNCCOCCO)ccn1. The van der Waals surface area contributed by atoms with Crippen molar-refractivity contribution < 1.29 is 9.84 Å². The molecule has 1 aromatic heterocycles. The van der Waals surface area contributed by atoms with Crippen LogP contribution in [0.5, 0.6) is 0 Å². The fourth-order valence-electron chi connectivity index (χ4n) is 1.19. The molecule has 0 saturated heterocycles. The zero-order chi connectivity index (χ0) is 11.6. The van der Waals surface area contributed by atoms with Crippen molar-refractivity contribution in [3.63, 3.8) is 0 Å². The monoisotopic (exact) mass is 221 g/mol. The third-order valence-corrected chi connectivity index (χ3v) is 1.93. The van der Waals surface area contributed by atoms with E-state index in [1.807, 2.05) is 12.1 Å². The van der Waals surface area contributed by atoms with Crippen LogP contribution in [0.1, 0.15) is 11.3 Å². The Morgan fingerprint density at radius 2 is 2.38 bits per heavy atom. The number of hydrogen-bond acceptors (Lipinski definition) is 5. The number of nitrogens with one attached hydrogen (secondary N) is 1. The molecule has 2 N–H and O–H groups in total. The standard InChI is InChI=1S/C11H15N3O2/c12-8-11-7-10(1-2-14-11)9-13-3-5-16-6-4-15/h1-2,7,13,15H,3-6,9H2. The predicted octanol–water partition coefficient (Wildman–Crippen LogP) is 0.0518. The Kier molecular flexibility index (Phi) is 6.11. The summed E-state index contributed by atoms with van der Waals surface area (Å²) in [6, 6.07) is 5.61. The maximum atomic E-state index is 8.65. The van der Waals surface area contributed by atoms with Gasteiger partial charge < -0.3 is 15.2 Å². The van der Waals surface area contributed by atoms with Gasteiger partial charge >= 0.3 is 0 Å². The Morgan fingerprint density at radius 1 is 1.50 bits per heavy atom. The quantitative estimate of drug-likeness (QED) is 0.636. The summed E-state index contributed by atoms with van der Waals surface area (Å²) < 4.78 is 5.09. The first-order valence-corrected chi connectivity index (χ1v) is 5.11. The average molecular weight is 221 g/mol. The first-order chi connectivity index (χ1) is 7.86. The molecule has 1 rings (SSSR count). The van der Waals surface area contributed by atoms with E-state index in [4.69, 9.17) is 15.1 Å². The van der Waals surface area contributed by atoms with E-state index in [2.05, 4.69) is 10.3 Å². The molecule has 0 unspecified atom stereocenters. The Balaban J connectivity index is 2.19. The highest BCUT2D eigenvalue weighted by atomic mass is 16.5. The summed E-state index contributed by atoms with van der Waals surface area (Å²) in [5, 5.41) is 20.3. The van der Waals surface area contributed by atoms with Crippen LogP contribution < -0.4 is 5.32 Å². The van der Waals surface area contributed by atoms with Crippen LogP contribution in [0, 0.1) is 11.3 Å². The Labute approximate surface area is 94.7 Å². The lowest BCUT2D eigenvalue weighted by Gasteiger charge is -2.05. The Bertz CT molecular complexity index is 349. The zero-order valence-corrected chi connectivity index (χ0v) is 9.02. The summed E-state index contributed by atoms with van der Waals surface area (Å²) in [4.78, 5) is 3.89. The molecule has 0 spiro atoms. The molecule has 1 aromatic rings. The van der Waals surface area contributed by atoms with Crippen LogP contribution in [0.3, 0.4) is 0 Å². The average Bonchev–Trinajstić information content (AvgIpc) is 2.34. The second-order valence-electron chi connectivity index (χ2n) is 3.17. The van der Waals surface area contributed by atoms with Gasteiger partial charge in [-0.3, -0.25) is 0 Å². The summed E-state index contributed by atoms with van der Waals surface area (Å²) in [7, 11) is 0. The lowest BCUT2D eigenvalue weighted by Crippen LogP contribution is -2.20. The molecule has 5 nitrogen and oxygen atoms in total. The summed E-state index contributed by atoms with van der Waals surface area (Å²) in [6.45, 7) is 2.38. The molecule has 0 aromatic carbocycles. The number of aliphatic hydroxyl groups excluding tert-OH is 1. The van der Waals surface area contributed by atoms with Crippen molar-refractivity contribution in [3.8, 4) is 6.07 Å². The molecule has 5 heteroatoms. The van der Waals surface area contributed by atoms with Crippen molar-refractivity contribution in [3.05, 3.63) is 29.6 Å². The molecule has 0 radical (unpaired) electrons. The number of nitriles is 1. The lowest BCUT2D eigenvalue weighted by atomic mass is 10.2. The van der Waals surface area contributed by atoms with E-state index in [0.717, 1.165) is 5.56 Å². The van der Waals surface area contributed by atoms with Crippen LogP contribution in [-0.2, 0) is 11.3 Å². The first kappa shape index (κ1) is 12.6. The van der Waals surface area contributed by atoms with Gasteiger partial charge in [-0.05, 0) is 17.7 Å². The van der Waals surface area contributed by atoms with Crippen molar-refractivity contribution in [1.82, 2.24) is 10.3 Å². The van der Waals surface area contributed by atoms with Crippen LogP contribution in [0.4, 0.5) is 0 Å². The number of rotatable bonds is 7. The molecule has 0 aliphatic heterocycles. The van der Waals surface area contributed by atoms with Crippen LogP contribution >= 0.6 is 0 Å². The number of hydrogen-bond donors (Lipinski definition) is 2. The molecule has 0 aliphatic carbocycles. The fraction of sp³-hybridized carbons (Fsp3) is 0.455. The van der Waals surface area contributed by atoms with E-state index in [1.165, 1.54) is 0 Å². The van der Waals surface area contributed by atoms with Crippen molar-refractivity contribution in [2.45, 2.75) is 6.54 Å². The van der Waals surface area contributed by atoms with Crippen molar-refractivity contribution >= 4 is 0 Å². The van der Waals surface area contributed by atoms with Crippen LogP contribution in [0.25, 0.3) is 0 Å². The molecule has 16 heavy (non-hydrogen) atoms. The van der Waals surface area contributed by atoms with Crippen molar-refractivity contribution in [2.24, 2.45) is 0 Å². The number of ether oxygens (including phenoxy) is 1. The molecule has 1 heterocycles. The normalized spacial score (nSPS) is 10.0. The van der Waals surface area contributed by atoms with Gasteiger partial charge in [0.2, 0.25) is 0 Å². The van der Waals surface area contributed by atoms with Gasteiger partial charge in [-0.15, -0.1) is 0 Å². The van der Waals surface area contributed by atoms with Gasteiger partial charge in [0.15, 0.2) is 0 Å². The van der Waals surface area contributed by atoms with Crippen molar-refractivity contribution in [1.29, 1.82) is 5.26 Å². The smallest absolute Gasteiger partial charge is 0.140 e. The van der Waals surface area contributed by atoms with E-state index >= 15 is 0 Å². The number of pyridine rings is 1. The van der Waals surface area contributed by atoms with Gasteiger partial charge in [-0.25, -0.2) is 4.98 Å². The summed E-state index contributed by atoms with van der Waals surface area (Å²) >= 11 is 0. The van der Waals surface area contributed by atoms with Gasteiger partial charge in [0, 0.05) is 19.3 Å². The second kappa shape index (κ2) is 7.77. The van der Waals surface area contributed by atoms with Gasteiger partial charge in [-0.1, -0.05) is 0 Å². The molecular formula is C11H15N3O2. The topological polar surface area (TPSA) is 78.2 Å². The first-order valence-electron chi connectivity index (χ1n) is 5.11. The largest absolute Gasteiger partial charge is 0.394 e. The summed E-state index contributed by atoms with van der Waals surface area (Å²) in [5.41, 5.74) is 1.45. The Hall–Kier alpha value is -1.48. The van der Waals surface area contributed by atoms with Crippen LogP contribution in [0.2, 0.25) is 0 Å². The molecule has 0 amide bonds. The van der Waals surface area contributed by atoms with Gasteiger partial charge in [0.25, 0.3) is 0 Å². The van der Waals surface area contributed by atoms with E-state index in [9.17, 15) is 0 Å². The maximum absolute atomic E-state index is 8.65. The third-order valence-electron chi connectivity index (χ3n) is 1.93. The van der Waals surface area contributed by atoms with Crippen LogP contribution in [-0.4, -0.2) is 36.5 Å². The predicted molar refractivity (Wildman–Crippen MR) is 58.6 cm³/mol. The number of aliphatic hydroxyl groups is 1. The fourth-order valence-corrected chi connectivity index (χ4v) is 1.19. The summed E-state index contributed by atoms with van der Waals surface area (Å²) in [5.74, 6) is 0. The molecule has 0 bridgehead atoms. The second-order valence-corrected chi connectivity index (χ2v) is 3.17. The molecule has 0 atom stereocenters. The molecule has 86 valence electrons. The zero-order valence-electron chi connectivity index (χ0n) is 9.02.